The summed E-state index contributed by atoms with van der Waals surface area (Å²) < 4.78 is 5.61. The Morgan fingerprint density at radius 1 is 1.09 bits per heavy atom. The first-order chi connectivity index (χ1) is 10.7. The minimum absolute atomic E-state index is 0.339. The Kier molecular flexibility index (Phi) is 5.72. The van der Waals surface area contributed by atoms with Crippen molar-refractivity contribution < 1.29 is 9.53 Å². The molecule has 1 heterocycles. The fourth-order valence-corrected chi connectivity index (χ4v) is 2.03. The molecular weight excluding hydrogens is 276 g/mol. The second-order valence-electron chi connectivity index (χ2n) is 4.70. The van der Waals surface area contributed by atoms with Crippen molar-refractivity contribution in [2.24, 2.45) is 0 Å². The monoisotopic (exact) mass is 296 g/mol. The van der Waals surface area contributed by atoms with Crippen molar-refractivity contribution in [3.63, 3.8) is 0 Å². The molecule has 22 heavy (non-hydrogen) atoms. The molecule has 4 nitrogen and oxygen atoms in total. The number of carbonyl (C=O) groups is 1. The molecule has 0 saturated carbocycles. The van der Waals surface area contributed by atoms with Crippen LogP contribution in [0.1, 0.15) is 25.0 Å². The fourth-order valence-electron chi connectivity index (χ4n) is 2.03. The largest absolute Gasteiger partial charge is 0.415 e. The summed E-state index contributed by atoms with van der Waals surface area (Å²) in [5, 5.41) is 0. The first-order valence-corrected chi connectivity index (χ1v) is 7.38. The second kappa shape index (κ2) is 7.98. The van der Waals surface area contributed by atoms with Gasteiger partial charge in [-0.15, -0.1) is 0 Å². The Balaban J connectivity index is 2.31. The molecule has 1 aromatic heterocycles. The first-order valence-electron chi connectivity index (χ1n) is 7.38. The Labute approximate surface area is 131 Å². The van der Waals surface area contributed by atoms with E-state index in [1.807, 2.05) is 62.4 Å². The van der Waals surface area contributed by atoms with Crippen LogP contribution in [0.15, 0.2) is 54.9 Å². The van der Waals surface area contributed by atoms with Crippen molar-refractivity contribution in [1.82, 2.24) is 9.88 Å². The molecule has 0 aliphatic carbocycles. The van der Waals surface area contributed by atoms with E-state index in [1.54, 1.807) is 17.3 Å². The lowest BCUT2D eigenvalue weighted by Gasteiger charge is -2.19. The number of carbonyl (C=O) groups excluding carboxylic acids is 1. The smallest absolute Gasteiger partial charge is 0.410 e. The number of ether oxygens (including phenoxy) is 1. The standard InChI is InChI=1S/C18H20N2O2/c1-3-20(4-2)18(21)22-17(16-8-6-5-7-9-16)14-15-10-12-19-13-11-15/h5-14H,3-4H2,1-2H3/b17-14+. The van der Waals surface area contributed by atoms with Crippen LogP contribution in [0.2, 0.25) is 0 Å². The maximum absolute atomic E-state index is 12.2. The van der Waals surface area contributed by atoms with Crippen molar-refractivity contribution in [2.45, 2.75) is 13.8 Å². The summed E-state index contributed by atoms with van der Waals surface area (Å²) in [6.45, 7) is 5.10. The molecule has 0 bridgehead atoms. The van der Waals surface area contributed by atoms with Gasteiger partial charge in [-0.1, -0.05) is 30.3 Å². The van der Waals surface area contributed by atoms with E-state index in [2.05, 4.69) is 4.98 Å². The summed E-state index contributed by atoms with van der Waals surface area (Å²) in [7, 11) is 0. The molecule has 0 fully saturated rings. The van der Waals surface area contributed by atoms with E-state index in [0.29, 0.717) is 18.8 Å². The topological polar surface area (TPSA) is 42.4 Å². The fraction of sp³-hybridized carbons (Fsp3) is 0.222. The van der Waals surface area contributed by atoms with Crippen LogP contribution in [0.5, 0.6) is 0 Å². The maximum atomic E-state index is 12.2. The first kappa shape index (κ1) is 15.8. The molecule has 0 aliphatic heterocycles. The van der Waals surface area contributed by atoms with Crippen LogP contribution in [0, 0.1) is 0 Å². The maximum Gasteiger partial charge on any atom is 0.415 e. The van der Waals surface area contributed by atoms with Crippen LogP contribution in [0.4, 0.5) is 4.79 Å². The molecule has 0 unspecified atom stereocenters. The van der Waals surface area contributed by atoms with E-state index in [4.69, 9.17) is 4.74 Å². The Hall–Kier alpha value is -2.62. The molecule has 0 atom stereocenters. The molecular formula is C18H20N2O2. The third kappa shape index (κ3) is 4.19. The number of benzene rings is 1. The second-order valence-corrected chi connectivity index (χ2v) is 4.70. The van der Waals surface area contributed by atoms with Gasteiger partial charge in [-0.2, -0.15) is 0 Å². The number of nitrogens with zero attached hydrogens (tertiary/aromatic N) is 2. The van der Waals surface area contributed by atoms with Gasteiger partial charge in [0.25, 0.3) is 0 Å². The van der Waals surface area contributed by atoms with Gasteiger partial charge in [-0.3, -0.25) is 4.98 Å². The quantitative estimate of drug-likeness (QED) is 0.781. The molecule has 1 amide bonds. The molecule has 0 N–H and O–H groups in total. The van der Waals surface area contributed by atoms with Gasteiger partial charge in [0.05, 0.1) is 0 Å². The highest BCUT2D eigenvalue weighted by molar-refractivity contribution is 5.84. The molecule has 1 aromatic carbocycles. The van der Waals surface area contributed by atoms with Gasteiger partial charge in [0.1, 0.15) is 5.76 Å². The summed E-state index contributed by atoms with van der Waals surface area (Å²) in [5.74, 6) is 0.531. The van der Waals surface area contributed by atoms with Crippen LogP contribution in [0.3, 0.4) is 0 Å². The lowest BCUT2D eigenvalue weighted by molar-refractivity contribution is 0.148. The average molecular weight is 296 g/mol. The van der Waals surface area contributed by atoms with E-state index >= 15 is 0 Å². The van der Waals surface area contributed by atoms with Crippen molar-refractivity contribution in [2.75, 3.05) is 13.1 Å². The predicted octanol–water partition coefficient (Wildman–Crippen LogP) is 4.06. The van der Waals surface area contributed by atoms with Gasteiger partial charge in [-0.05, 0) is 37.6 Å². The van der Waals surface area contributed by atoms with Gasteiger partial charge < -0.3 is 9.64 Å². The lowest BCUT2D eigenvalue weighted by atomic mass is 10.1. The van der Waals surface area contributed by atoms with Gasteiger partial charge in [0, 0.05) is 31.0 Å². The van der Waals surface area contributed by atoms with E-state index in [1.165, 1.54) is 0 Å². The van der Waals surface area contributed by atoms with Gasteiger partial charge in [0.2, 0.25) is 0 Å². The molecule has 0 radical (unpaired) electrons. The summed E-state index contributed by atoms with van der Waals surface area (Å²) in [4.78, 5) is 17.9. The normalized spacial score (nSPS) is 11.1. The van der Waals surface area contributed by atoms with Gasteiger partial charge >= 0.3 is 6.09 Å². The summed E-state index contributed by atoms with van der Waals surface area (Å²) in [6.07, 6.45) is 4.92. The summed E-state index contributed by atoms with van der Waals surface area (Å²) in [5.41, 5.74) is 1.79. The number of amides is 1. The highest BCUT2D eigenvalue weighted by Gasteiger charge is 2.14. The van der Waals surface area contributed by atoms with Gasteiger partial charge in [-0.25, -0.2) is 4.79 Å². The number of hydrogen-bond acceptors (Lipinski definition) is 3. The van der Waals surface area contributed by atoms with Crippen LogP contribution in [-0.4, -0.2) is 29.1 Å². The average Bonchev–Trinajstić information content (AvgIpc) is 2.57. The minimum atomic E-state index is -0.339. The predicted molar refractivity (Wildman–Crippen MR) is 88.0 cm³/mol. The van der Waals surface area contributed by atoms with E-state index in [9.17, 15) is 4.79 Å². The van der Waals surface area contributed by atoms with E-state index in [-0.39, 0.29) is 6.09 Å². The molecule has 0 aliphatic rings. The zero-order chi connectivity index (χ0) is 15.8. The van der Waals surface area contributed by atoms with Crippen molar-refractivity contribution >= 4 is 17.9 Å². The van der Waals surface area contributed by atoms with Crippen LogP contribution in [0.25, 0.3) is 11.8 Å². The molecule has 0 spiro atoms. The molecule has 2 rings (SSSR count). The number of aromatic nitrogens is 1. The zero-order valence-corrected chi connectivity index (χ0v) is 12.9. The molecule has 0 saturated heterocycles. The van der Waals surface area contributed by atoms with Crippen LogP contribution >= 0.6 is 0 Å². The zero-order valence-electron chi connectivity index (χ0n) is 12.9. The van der Waals surface area contributed by atoms with Crippen molar-refractivity contribution in [3.8, 4) is 0 Å². The number of rotatable bonds is 5. The summed E-state index contributed by atoms with van der Waals surface area (Å²) in [6, 6.07) is 13.3. The molecule has 4 heteroatoms. The van der Waals surface area contributed by atoms with Crippen molar-refractivity contribution in [3.05, 3.63) is 66.0 Å². The third-order valence-electron chi connectivity index (χ3n) is 3.28. The number of pyridine rings is 1. The Morgan fingerprint density at radius 2 is 1.73 bits per heavy atom. The van der Waals surface area contributed by atoms with Gasteiger partial charge in [0.15, 0.2) is 0 Å². The highest BCUT2D eigenvalue weighted by atomic mass is 16.6. The molecule has 114 valence electrons. The SMILES string of the molecule is CCN(CC)C(=O)O/C(=C/c1ccncc1)c1ccccc1. The summed E-state index contributed by atoms with van der Waals surface area (Å²) >= 11 is 0. The van der Waals surface area contributed by atoms with Crippen LogP contribution < -0.4 is 0 Å². The van der Waals surface area contributed by atoms with Crippen LogP contribution in [-0.2, 0) is 4.74 Å². The third-order valence-corrected chi connectivity index (χ3v) is 3.28. The molecule has 2 aromatic rings. The highest BCUT2D eigenvalue weighted by Crippen LogP contribution is 2.20. The van der Waals surface area contributed by atoms with E-state index in [0.717, 1.165) is 11.1 Å². The number of hydrogen-bond donors (Lipinski definition) is 0. The Morgan fingerprint density at radius 3 is 2.32 bits per heavy atom. The van der Waals surface area contributed by atoms with E-state index < -0.39 is 0 Å². The van der Waals surface area contributed by atoms with Crippen molar-refractivity contribution in [1.29, 1.82) is 0 Å². The minimum Gasteiger partial charge on any atom is -0.410 e. The lowest BCUT2D eigenvalue weighted by Crippen LogP contribution is -2.30. The Bertz CT molecular complexity index is 620.